The molecular weight excluding hydrogens is 356 g/mol. The monoisotopic (exact) mass is 370 g/mol. The number of amides is 1. The summed E-state index contributed by atoms with van der Waals surface area (Å²) in [5, 5.41) is 8.84. The van der Waals surface area contributed by atoms with Crippen molar-refractivity contribution in [2.45, 2.75) is 6.54 Å². The maximum atomic E-state index is 12.4. The third-order valence-corrected chi connectivity index (χ3v) is 4.00. The van der Waals surface area contributed by atoms with Gasteiger partial charge in [0.05, 0.1) is 12.7 Å². The molecule has 27 heavy (non-hydrogen) atoms. The minimum atomic E-state index is -0.656. The number of fused-ring (bicyclic) bond motifs is 2. The number of carbonyl (C=O) groups excluding carboxylic acids is 2. The number of aromatic amines is 1. The molecule has 0 unspecified atom stereocenters. The van der Waals surface area contributed by atoms with Crippen LogP contribution in [-0.2, 0) is 16.1 Å². The minimum absolute atomic E-state index is 0.0872. The first kappa shape index (κ1) is 16.6. The van der Waals surface area contributed by atoms with Crippen molar-refractivity contribution < 1.29 is 23.8 Å². The summed E-state index contributed by atoms with van der Waals surface area (Å²) in [6.07, 6.45) is 2.86. The van der Waals surface area contributed by atoms with Gasteiger partial charge in [0.15, 0.2) is 11.5 Å². The Bertz CT molecular complexity index is 1070. The first-order valence-electron chi connectivity index (χ1n) is 7.91. The molecule has 0 saturated carbocycles. The summed E-state index contributed by atoms with van der Waals surface area (Å²) in [5.41, 5.74) is 0.546. The Kier molecular flexibility index (Phi) is 3.99. The van der Waals surface area contributed by atoms with E-state index in [0.29, 0.717) is 17.2 Å². The second-order valence-electron chi connectivity index (χ2n) is 5.77. The van der Waals surface area contributed by atoms with Crippen molar-refractivity contribution in [1.29, 1.82) is 0 Å². The smallest absolute Gasteiger partial charge is 0.341 e. The minimum Gasteiger partial charge on any atom is -0.465 e. The summed E-state index contributed by atoms with van der Waals surface area (Å²) in [5.74, 6) is 0.143. The third kappa shape index (κ3) is 3.08. The molecule has 0 atom stereocenters. The van der Waals surface area contributed by atoms with E-state index in [1.807, 2.05) is 0 Å². The largest absolute Gasteiger partial charge is 0.465 e. The predicted molar refractivity (Wildman–Crippen MR) is 92.0 cm³/mol. The van der Waals surface area contributed by atoms with Crippen molar-refractivity contribution >= 4 is 17.6 Å². The normalized spacial score (nSPS) is 12.2. The zero-order chi connectivity index (χ0) is 19.0. The standard InChI is InChI=1S/C17H14N4O6/c1-25-17(24)11-6-21(5-10-15(11)19-20-16(10)23)7-14(22)18-9-2-3-12-13(4-9)27-8-26-12/h2-6H,7-8H2,1H3,(H,18,22)(H,20,23). The van der Waals surface area contributed by atoms with E-state index >= 15 is 0 Å². The molecule has 3 heterocycles. The molecule has 10 heteroatoms. The molecule has 1 aromatic rings. The molecule has 0 fully saturated rings. The topological polar surface area (TPSA) is 125 Å². The maximum Gasteiger partial charge on any atom is 0.341 e. The molecule has 2 N–H and O–H groups in total. The van der Waals surface area contributed by atoms with Crippen LogP contribution in [0.2, 0.25) is 0 Å². The van der Waals surface area contributed by atoms with Crippen molar-refractivity contribution in [2.75, 3.05) is 19.2 Å². The van der Waals surface area contributed by atoms with E-state index in [4.69, 9.17) is 14.2 Å². The number of nitrogens with zero attached hydrogens (tertiary/aromatic N) is 2. The van der Waals surface area contributed by atoms with Crippen molar-refractivity contribution in [3.63, 3.8) is 0 Å². The molecule has 4 rings (SSSR count). The number of anilines is 1. The highest BCUT2D eigenvalue weighted by molar-refractivity contribution is 5.96. The Balaban J connectivity index is 1.58. The van der Waals surface area contributed by atoms with E-state index in [-0.39, 0.29) is 36.1 Å². The highest BCUT2D eigenvalue weighted by Crippen LogP contribution is 2.34. The quantitative estimate of drug-likeness (QED) is 0.652. The number of rotatable bonds is 4. The summed E-state index contributed by atoms with van der Waals surface area (Å²) >= 11 is 0. The number of pyridine rings is 1. The average molecular weight is 370 g/mol. The zero-order valence-corrected chi connectivity index (χ0v) is 14.1. The number of H-pyrrole nitrogens is 1. The van der Waals surface area contributed by atoms with Gasteiger partial charge in [0.2, 0.25) is 12.7 Å². The van der Waals surface area contributed by atoms with E-state index in [0.717, 1.165) is 0 Å². The zero-order valence-electron chi connectivity index (χ0n) is 14.1. The fraction of sp³-hybridized carbons (Fsp3) is 0.176. The fourth-order valence-electron chi connectivity index (χ4n) is 2.78. The van der Waals surface area contributed by atoms with Crippen LogP contribution < -0.4 is 20.3 Å². The number of carbonyl (C=O) groups is 2. The van der Waals surface area contributed by atoms with Crippen molar-refractivity contribution in [3.05, 3.63) is 46.5 Å². The summed E-state index contributed by atoms with van der Waals surface area (Å²) in [6.45, 7) is 0.0140. The van der Waals surface area contributed by atoms with Crippen LogP contribution in [0.1, 0.15) is 10.4 Å². The molecule has 3 aliphatic rings. The van der Waals surface area contributed by atoms with Crippen LogP contribution >= 0.6 is 0 Å². The van der Waals surface area contributed by atoms with Gasteiger partial charge in [0.1, 0.15) is 17.8 Å². The second kappa shape index (κ2) is 6.48. The number of ether oxygens (including phenoxy) is 3. The first-order chi connectivity index (χ1) is 13.0. The van der Waals surface area contributed by atoms with Crippen LogP contribution in [0.4, 0.5) is 5.69 Å². The summed E-state index contributed by atoms with van der Waals surface area (Å²) in [6, 6.07) is 5.03. The van der Waals surface area contributed by atoms with Crippen LogP contribution in [-0.4, -0.2) is 40.5 Å². The molecule has 0 spiro atoms. The third-order valence-electron chi connectivity index (χ3n) is 4.00. The highest BCUT2D eigenvalue weighted by atomic mass is 16.7. The molecule has 0 aromatic heterocycles. The van der Waals surface area contributed by atoms with Gasteiger partial charge in [-0.25, -0.2) is 9.89 Å². The number of hydrogen-bond donors (Lipinski definition) is 2. The maximum absolute atomic E-state index is 12.4. The van der Waals surface area contributed by atoms with Gasteiger partial charge < -0.3 is 24.1 Å². The molecule has 3 aliphatic heterocycles. The SMILES string of the molecule is COC(=O)c1cn(CC(=O)Nc2ccc3c(c2)OCO3)cc2c(=O)[nH]nc1-2. The van der Waals surface area contributed by atoms with Crippen LogP contribution in [0, 0.1) is 0 Å². The lowest BCUT2D eigenvalue weighted by Crippen LogP contribution is -2.20. The molecule has 138 valence electrons. The molecule has 0 aliphatic carbocycles. The van der Waals surface area contributed by atoms with Gasteiger partial charge >= 0.3 is 5.97 Å². The predicted octanol–water partition coefficient (Wildman–Crippen LogP) is 0.830. The van der Waals surface area contributed by atoms with Gasteiger partial charge in [0, 0.05) is 24.1 Å². The van der Waals surface area contributed by atoms with Gasteiger partial charge in [-0.1, -0.05) is 0 Å². The lowest BCUT2D eigenvalue weighted by Gasteiger charge is -2.12. The van der Waals surface area contributed by atoms with Crippen LogP contribution in [0.3, 0.4) is 0 Å². The van der Waals surface area contributed by atoms with Crippen molar-refractivity contribution in [1.82, 2.24) is 14.8 Å². The average Bonchev–Trinajstić information content (AvgIpc) is 3.27. The molecule has 0 radical (unpaired) electrons. The number of esters is 1. The van der Waals surface area contributed by atoms with Crippen molar-refractivity contribution in [2.24, 2.45) is 0 Å². The van der Waals surface area contributed by atoms with Gasteiger partial charge in [-0.15, -0.1) is 0 Å². The Morgan fingerprint density at radius 1 is 1.30 bits per heavy atom. The van der Waals surface area contributed by atoms with Crippen LogP contribution in [0.25, 0.3) is 11.3 Å². The summed E-state index contributed by atoms with van der Waals surface area (Å²) in [7, 11) is 1.22. The van der Waals surface area contributed by atoms with E-state index < -0.39 is 11.5 Å². The Morgan fingerprint density at radius 2 is 2.11 bits per heavy atom. The highest BCUT2D eigenvalue weighted by Gasteiger charge is 2.22. The van der Waals surface area contributed by atoms with Gasteiger partial charge in [-0.2, -0.15) is 5.10 Å². The second-order valence-corrected chi connectivity index (χ2v) is 5.77. The Labute approximate surface area is 152 Å². The van der Waals surface area contributed by atoms with E-state index in [1.165, 1.54) is 24.1 Å². The number of aromatic nitrogens is 3. The van der Waals surface area contributed by atoms with Crippen LogP contribution in [0.5, 0.6) is 11.5 Å². The summed E-state index contributed by atoms with van der Waals surface area (Å²) in [4.78, 5) is 36.2. The molecular formula is C17H14N4O6. The molecule has 1 aromatic carbocycles. The number of nitrogens with one attached hydrogen (secondary N) is 2. The lowest BCUT2D eigenvalue weighted by atomic mass is 10.1. The molecule has 1 amide bonds. The fourth-order valence-corrected chi connectivity index (χ4v) is 2.78. The lowest BCUT2D eigenvalue weighted by molar-refractivity contribution is -0.116. The number of methoxy groups -OCH3 is 1. The first-order valence-corrected chi connectivity index (χ1v) is 7.91. The Hall–Kier alpha value is -3.82. The Morgan fingerprint density at radius 3 is 2.93 bits per heavy atom. The number of hydrogen-bond acceptors (Lipinski definition) is 7. The van der Waals surface area contributed by atoms with Gasteiger partial charge in [0.25, 0.3) is 5.56 Å². The summed E-state index contributed by atoms with van der Waals surface area (Å²) < 4.78 is 16.6. The van der Waals surface area contributed by atoms with Gasteiger partial charge in [-0.05, 0) is 12.1 Å². The van der Waals surface area contributed by atoms with Crippen molar-refractivity contribution in [3.8, 4) is 22.8 Å². The van der Waals surface area contributed by atoms with E-state index in [9.17, 15) is 14.4 Å². The van der Waals surface area contributed by atoms with Crippen LogP contribution in [0.15, 0.2) is 35.4 Å². The molecule has 0 saturated heterocycles. The molecule has 0 bridgehead atoms. The van der Waals surface area contributed by atoms with E-state index in [1.54, 1.807) is 18.2 Å². The molecule has 10 nitrogen and oxygen atoms in total. The van der Waals surface area contributed by atoms with Gasteiger partial charge in [-0.3, -0.25) is 9.59 Å². The number of benzene rings is 1. The van der Waals surface area contributed by atoms with E-state index in [2.05, 4.69) is 15.5 Å².